The van der Waals surface area contributed by atoms with E-state index in [1.54, 1.807) is 0 Å². The van der Waals surface area contributed by atoms with Crippen LogP contribution >= 0.6 is 15.2 Å². The smallest absolute Gasteiger partial charge is 0.316 e. The first-order valence-electron chi connectivity index (χ1n) is 8.83. The minimum absolute atomic E-state index is 0.383. The largest absolute Gasteiger partial charge is 0.384 e. The average Bonchev–Trinajstić information content (AvgIpc) is 2.50. The summed E-state index contributed by atoms with van der Waals surface area (Å²) in [4.78, 5) is 2.40. The van der Waals surface area contributed by atoms with Gasteiger partial charge in [-0.1, -0.05) is 0 Å². The van der Waals surface area contributed by atoms with Crippen molar-refractivity contribution in [2.75, 3.05) is 65.2 Å². The van der Waals surface area contributed by atoms with Crippen molar-refractivity contribution in [2.45, 2.75) is 27.7 Å². The van der Waals surface area contributed by atoms with Crippen LogP contribution in [0, 0.1) is 0 Å². The number of piperazine rings is 1. The summed E-state index contributed by atoms with van der Waals surface area (Å²) in [5.41, 5.74) is 0. The quantitative estimate of drug-likeness (QED) is 0.466. The fraction of sp³-hybridized carbons (Fsp3) is 1.00. The first-order valence-corrected chi connectivity index (χ1v) is 12.3. The highest BCUT2D eigenvalue weighted by Gasteiger charge is 2.37. The molecule has 10 heteroatoms. The maximum Gasteiger partial charge on any atom is 0.384 e. The molecule has 0 aromatic heterocycles. The minimum atomic E-state index is -3.02. The lowest BCUT2D eigenvalue weighted by Crippen LogP contribution is -3.28. The number of hydrogen-bond acceptors (Lipinski definition) is 6. The highest BCUT2D eigenvalue weighted by atomic mass is 31.2. The number of quaternary nitrogens is 2. The second-order valence-electron chi connectivity index (χ2n) is 5.71. The van der Waals surface area contributed by atoms with Gasteiger partial charge in [0.1, 0.15) is 26.2 Å². The highest BCUT2D eigenvalue weighted by molar-refractivity contribution is 7.53. The predicted octanol–water partition coefficient (Wildman–Crippen LogP) is 0.217. The predicted molar refractivity (Wildman–Crippen MR) is 92.8 cm³/mol. The molecule has 24 heavy (non-hydrogen) atoms. The molecule has 0 aromatic rings. The van der Waals surface area contributed by atoms with Gasteiger partial charge in [-0.15, -0.1) is 0 Å². The van der Waals surface area contributed by atoms with Gasteiger partial charge in [0, 0.05) is 0 Å². The zero-order chi connectivity index (χ0) is 18.1. The van der Waals surface area contributed by atoms with Gasteiger partial charge in [0.15, 0.2) is 12.6 Å². The van der Waals surface area contributed by atoms with Gasteiger partial charge in [0.25, 0.3) is 0 Å². The summed E-state index contributed by atoms with van der Waals surface area (Å²) in [6.07, 6.45) is 0.771. The molecule has 0 amide bonds. The molecular weight excluding hydrogens is 354 g/mol. The van der Waals surface area contributed by atoms with Gasteiger partial charge in [-0.25, -0.2) is 0 Å². The van der Waals surface area contributed by atoms with Gasteiger partial charge in [-0.05, 0) is 27.7 Å². The molecule has 0 radical (unpaired) electrons. The number of rotatable bonds is 12. The molecule has 8 nitrogen and oxygen atoms in total. The van der Waals surface area contributed by atoms with Crippen LogP contribution in [0.4, 0.5) is 0 Å². The molecule has 0 spiro atoms. The van der Waals surface area contributed by atoms with E-state index in [0.29, 0.717) is 39.0 Å². The Kier molecular flexibility index (Phi) is 10.2. The van der Waals surface area contributed by atoms with Crippen molar-refractivity contribution >= 4 is 15.2 Å². The third-order valence-electron chi connectivity index (χ3n) is 3.80. The van der Waals surface area contributed by atoms with Crippen molar-refractivity contribution in [1.82, 2.24) is 0 Å². The van der Waals surface area contributed by atoms with Crippen LogP contribution in [0.2, 0.25) is 0 Å². The number of hydrogen-bond donors (Lipinski definition) is 2. The molecule has 1 aliphatic rings. The molecule has 144 valence electrons. The van der Waals surface area contributed by atoms with Crippen molar-refractivity contribution in [2.24, 2.45) is 0 Å². The van der Waals surface area contributed by atoms with E-state index in [9.17, 15) is 9.13 Å². The maximum absolute atomic E-state index is 12.6. The average molecular weight is 388 g/mol. The zero-order valence-electron chi connectivity index (χ0n) is 15.4. The SMILES string of the molecule is CCOP(=O)(C[NH+]1CC[NH+](CP(=O)(OCC)OCC)CC1)OCC. The van der Waals surface area contributed by atoms with E-state index >= 15 is 0 Å². The summed E-state index contributed by atoms with van der Waals surface area (Å²) in [6.45, 7) is 12.1. The molecule has 1 aliphatic heterocycles. The first kappa shape index (κ1) is 22.3. The lowest BCUT2D eigenvalue weighted by Gasteiger charge is -2.32. The third-order valence-corrected chi connectivity index (χ3v) is 8.08. The van der Waals surface area contributed by atoms with Gasteiger partial charge in [0.2, 0.25) is 0 Å². The molecule has 1 saturated heterocycles. The Morgan fingerprint density at radius 2 is 0.875 bits per heavy atom. The van der Waals surface area contributed by atoms with Crippen LogP contribution in [0.25, 0.3) is 0 Å². The summed E-state index contributed by atoms with van der Waals surface area (Å²) in [7, 11) is -6.04. The van der Waals surface area contributed by atoms with E-state index in [1.165, 1.54) is 9.80 Å². The van der Waals surface area contributed by atoms with Crippen LogP contribution in [0.3, 0.4) is 0 Å². The summed E-state index contributed by atoms with van der Waals surface area (Å²) in [5.74, 6) is 0. The van der Waals surface area contributed by atoms with Gasteiger partial charge in [-0.3, -0.25) is 9.13 Å². The maximum atomic E-state index is 12.6. The molecule has 1 rings (SSSR count). The molecule has 0 atom stereocenters. The van der Waals surface area contributed by atoms with E-state index in [0.717, 1.165) is 26.2 Å². The molecule has 1 fully saturated rings. The van der Waals surface area contributed by atoms with E-state index in [1.807, 2.05) is 27.7 Å². The fourth-order valence-corrected chi connectivity index (χ4v) is 6.68. The van der Waals surface area contributed by atoms with Gasteiger partial charge >= 0.3 is 15.2 Å². The van der Waals surface area contributed by atoms with Crippen molar-refractivity contribution in [3.8, 4) is 0 Å². The first-order chi connectivity index (χ1) is 11.4. The Hall–Kier alpha value is 0.220. The van der Waals surface area contributed by atoms with Crippen LogP contribution in [-0.2, 0) is 27.2 Å². The molecular formula is C14H34N2O6P2+2. The third kappa shape index (κ3) is 7.63. The Morgan fingerprint density at radius 1 is 0.625 bits per heavy atom. The molecule has 0 bridgehead atoms. The van der Waals surface area contributed by atoms with Crippen molar-refractivity contribution in [1.29, 1.82) is 0 Å². The zero-order valence-corrected chi connectivity index (χ0v) is 17.2. The summed E-state index contributed by atoms with van der Waals surface area (Å²) in [5, 5.41) is 0. The second kappa shape index (κ2) is 11.0. The Labute approximate surface area is 145 Å². The van der Waals surface area contributed by atoms with E-state index in [4.69, 9.17) is 18.1 Å². The summed E-state index contributed by atoms with van der Waals surface area (Å²) in [6, 6.07) is 0. The summed E-state index contributed by atoms with van der Waals surface area (Å²) < 4.78 is 46.7. The van der Waals surface area contributed by atoms with Crippen molar-refractivity contribution < 1.29 is 37.0 Å². The monoisotopic (exact) mass is 388 g/mol. The van der Waals surface area contributed by atoms with Gasteiger partial charge in [0.05, 0.1) is 26.4 Å². The standard InChI is InChI=1S/C14H32N2O6P2/c1-5-19-23(17,20-6-2)13-15-9-11-16(12-10-15)14-24(18,21-7-3)22-8-4/h5-14H2,1-4H3/p+2. The highest BCUT2D eigenvalue weighted by Crippen LogP contribution is 2.46. The molecule has 0 saturated carbocycles. The van der Waals surface area contributed by atoms with Crippen molar-refractivity contribution in [3.63, 3.8) is 0 Å². The number of nitrogens with one attached hydrogen (secondary N) is 2. The topological polar surface area (TPSA) is 79.9 Å². The Balaban J connectivity index is 2.51. The normalized spacial score (nSPS) is 22.7. The van der Waals surface area contributed by atoms with Crippen LogP contribution in [0.5, 0.6) is 0 Å². The van der Waals surface area contributed by atoms with E-state index in [2.05, 4.69) is 0 Å². The Morgan fingerprint density at radius 3 is 1.08 bits per heavy atom. The van der Waals surface area contributed by atoms with Crippen molar-refractivity contribution in [3.05, 3.63) is 0 Å². The fourth-order valence-electron chi connectivity index (χ4n) is 2.86. The van der Waals surface area contributed by atoms with Crippen LogP contribution < -0.4 is 9.80 Å². The molecule has 0 aliphatic carbocycles. The molecule has 1 heterocycles. The van der Waals surface area contributed by atoms with E-state index in [-0.39, 0.29) is 0 Å². The molecule has 0 aromatic carbocycles. The molecule has 0 unspecified atom stereocenters. The minimum Gasteiger partial charge on any atom is -0.316 e. The van der Waals surface area contributed by atoms with Gasteiger partial charge < -0.3 is 27.9 Å². The van der Waals surface area contributed by atoms with Crippen LogP contribution in [0.15, 0.2) is 0 Å². The van der Waals surface area contributed by atoms with E-state index < -0.39 is 15.2 Å². The molecule has 2 N–H and O–H groups in total. The van der Waals surface area contributed by atoms with Crippen LogP contribution in [-0.4, -0.2) is 65.2 Å². The lowest BCUT2D eigenvalue weighted by atomic mass is 10.4. The van der Waals surface area contributed by atoms with Gasteiger partial charge in [-0.2, -0.15) is 0 Å². The summed E-state index contributed by atoms with van der Waals surface area (Å²) >= 11 is 0. The lowest BCUT2D eigenvalue weighted by molar-refractivity contribution is -1.00. The second-order valence-corrected chi connectivity index (χ2v) is 9.82. The Bertz CT molecular complexity index is 383. The van der Waals surface area contributed by atoms with Crippen LogP contribution in [0.1, 0.15) is 27.7 Å².